The van der Waals surface area contributed by atoms with E-state index in [1.165, 1.54) is 27.6 Å². The minimum Gasteiger partial charge on any atom is -0.247 e. The van der Waals surface area contributed by atoms with Crippen molar-refractivity contribution in [2.24, 2.45) is 0 Å². The van der Waals surface area contributed by atoms with Gasteiger partial charge < -0.3 is 0 Å². The lowest BCUT2D eigenvalue weighted by Gasteiger charge is -2.14. The molecule has 9 aromatic carbocycles. The standard InChI is InChI=1S/C59H39N3/c1-4-14-40(15-5-1)42-28-34-46(35-29-42)55-39-56(62-59(61-55)48-36-30-43(31-37-48)41-16-6-2-7-17-41)50-21-12-20-49(38-50)44-26-32-45(33-27-44)51-23-13-24-53-57(51)52-22-10-11-25-54(52)60-58(53)47-18-8-3-9-19-47/h1-39H. The topological polar surface area (TPSA) is 38.7 Å². The summed E-state index contributed by atoms with van der Waals surface area (Å²) >= 11 is 0. The van der Waals surface area contributed by atoms with Crippen molar-refractivity contribution in [3.05, 3.63) is 237 Å². The van der Waals surface area contributed by atoms with E-state index in [0.29, 0.717) is 5.82 Å². The molecule has 0 amide bonds. The summed E-state index contributed by atoms with van der Waals surface area (Å²) in [5, 5.41) is 3.51. The third-order valence-corrected chi connectivity index (χ3v) is 11.7. The van der Waals surface area contributed by atoms with Gasteiger partial charge in [-0.15, -0.1) is 0 Å². The van der Waals surface area contributed by atoms with Gasteiger partial charge in [0.05, 0.1) is 22.6 Å². The first-order valence-corrected chi connectivity index (χ1v) is 21.0. The van der Waals surface area contributed by atoms with Crippen LogP contribution < -0.4 is 0 Å². The van der Waals surface area contributed by atoms with Gasteiger partial charge in [-0.25, -0.2) is 15.0 Å². The first-order chi connectivity index (χ1) is 30.7. The minimum atomic E-state index is 0.687. The number of rotatable bonds is 8. The third kappa shape index (κ3) is 7.12. The monoisotopic (exact) mass is 789 g/mol. The molecule has 0 aliphatic rings. The molecule has 0 radical (unpaired) electrons. The highest BCUT2D eigenvalue weighted by molar-refractivity contribution is 6.17. The van der Waals surface area contributed by atoms with Gasteiger partial charge in [0, 0.05) is 38.4 Å². The summed E-state index contributed by atoms with van der Waals surface area (Å²) < 4.78 is 0. The fourth-order valence-electron chi connectivity index (χ4n) is 8.54. The van der Waals surface area contributed by atoms with Crippen molar-refractivity contribution >= 4 is 21.7 Å². The maximum absolute atomic E-state index is 5.22. The minimum absolute atomic E-state index is 0.687. The number of hydrogen-bond acceptors (Lipinski definition) is 3. The molecule has 11 aromatic rings. The number of para-hydroxylation sites is 1. The predicted molar refractivity (Wildman–Crippen MR) is 258 cm³/mol. The fourth-order valence-corrected chi connectivity index (χ4v) is 8.54. The highest BCUT2D eigenvalue weighted by atomic mass is 14.9. The molecule has 3 nitrogen and oxygen atoms in total. The quantitative estimate of drug-likeness (QED) is 0.144. The van der Waals surface area contributed by atoms with Crippen LogP contribution in [0.2, 0.25) is 0 Å². The van der Waals surface area contributed by atoms with Gasteiger partial charge in [-0.05, 0) is 62.7 Å². The summed E-state index contributed by atoms with van der Waals surface area (Å²) in [6.07, 6.45) is 0. The van der Waals surface area contributed by atoms with Crippen LogP contribution >= 0.6 is 0 Å². The number of hydrogen-bond donors (Lipinski definition) is 0. The Kier molecular flexibility index (Phi) is 9.53. The maximum Gasteiger partial charge on any atom is 0.160 e. The SMILES string of the molecule is c1ccc(-c2ccc(-c3cc(-c4cccc(-c5ccc(-c6cccc7c(-c8ccccc8)nc8ccccc8c67)cc5)c4)nc(-c4ccc(-c5ccccc5)cc4)n3)cc2)cc1. The lowest BCUT2D eigenvalue weighted by Crippen LogP contribution is -1.96. The van der Waals surface area contributed by atoms with E-state index < -0.39 is 0 Å². The smallest absolute Gasteiger partial charge is 0.160 e. The van der Waals surface area contributed by atoms with Crippen molar-refractivity contribution in [3.8, 4) is 89.7 Å². The van der Waals surface area contributed by atoms with Crippen LogP contribution in [-0.4, -0.2) is 15.0 Å². The Morgan fingerprint density at radius 1 is 0.242 bits per heavy atom. The number of aromatic nitrogens is 3. The molecule has 0 bridgehead atoms. The van der Waals surface area contributed by atoms with E-state index in [0.717, 1.165) is 77.9 Å². The third-order valence-electron chi connectivity index (χ3n) is 11.7. The van der Waals surface area contributed by atoms with Crippen molar-refractivity contribution in [3.63, 3.8) is 0 Å². The second kappa shape index (κ2) is 16.1. The first kappa shape index (κ1) is 36.8. The van der Waals surface area contributed by atoms with Gasteiger partial charge >= 0.3 is 0 Å². The van der Waals surface area contributed by atoms with Crippen LogP contribution in [0.4, 0.5) is 0 Å². The normalized spacial score (nSPS) is 11.2. The second-order valence-electron chi connectivity index (χ2n) is 15.6. The van der Waals surface area contributed by atoms with E-state index in [2.05, 4.69) is 224 Å². The zero-order valence-electron chi connectivity index (χ0n) is 33.9. The molecule has 2 aromatic heterocycles. The van der Waals surface area contributed by atoms with Gasteiger partial charge in [0.2, 0.25) is 0 Å². The van der Waals surface area contributed by atoms with Gasteiger partial charge in [-0.1, -0.05) is 218 Å². The van der Waals surface area contributed by atoms with Gasteiger partial charge in [0.15, 0.2) is 5.82 Å². The Labute approximate surface area is 361 Å². The molecule has 11 rings (SSSR count). The Bertz CT molecular complexity index is 3240. The molecule has 62 heavy (non-hydrogen) atoms. The van der Waals surface area contributed by atoms with Crippen LogP contribution in [0, 0.1) is 0 Å². The molecule has 2 heterocycles. The molecule has 0 fully saturated rings. The molecule has 0 aliphatic carbocycles. The zero-order valence-corrected chi connectivity index (χ0v) is 33.9. The number of nitrogens with zero attached hydrogens (tertiary/aromatic N) is 3. The van der Waals surface area contributed by atoms with Crippen LogP contribution in [0.25, 0.3) is 111 Å². The summed E-state index contributed by atoms with van der Waals surface area (Å²) in [5.74, 6) is 0.687. The highest BCUT2D eigenvalue weighted by Crippen LogP contribution is 2.39. The number of benzene rings is 9. The fraction of sp³-hybridized carbons (Fsp3) is 0. The zero-order chi connectivity index (χ0) is 41.2. The van der Waals surface area contributed by atoms with E-state index in [4.69, 9.17) is 15.0 Å². The van der Waals surface area contributed by atoms with Gasteiger partial charge in [-0.3, -0.25) is 0 Å². The number of pyridine rings is 1. The molecule has 0 saturated heterocycles. The second-order valence-corrected chi connectivity index (χ2v) is 15.6. The van der Waals surface area contributed by atoms with Crippen LogP contribution in [0.5, 0.6) is 0 Å². The Balaban J connectivity index is 0.969. The Morgan fingerprint density at radius 3 is 1.32 bits per heavy atom. The summed E-state index contributed by atoms with van der Waals surface area (Å²) in [5.41, 5.74) is 17.2. The molecular formula is C59H39N3. The lowest BCUT2D eigenvalue weighted by molar-refractivity contribution is 1.18. The van der Waals surface area contributed by atoms with Crippen molar-refractivity contribution in [2.45, 2.75) is 0 Å². The summed E-state index contributed by atoms with van der Waals surface area (Å²) in [6.45, 7) is 0. The van der Waals surface area contributed by atoms with Gasteiger partial charge in [0.25, 0.3) is 0 Å². The Morgan fingerprint density at radius 2 is 0.677 bits per heavy atom. The van der Waals surface area contributed by atoms with E-state index >= 15 is 0 Å². The van der Waals surface area contributed by atoms with Crippen molar-refractivity contribution < 1.29 is 0 Å². The molecule has 0 saturated carbocycles. The van der Waals surface area contributed by atoms with Crippen LogP contribution in [0.3, 0.4) is 0 Å². The summed E-state index contributed by atoms with van der Waals surface area (Å²) in [4.78, 5) is 15.6. The number of fused-ring (bicyclic) bond motifs is 3. The molecule has 0 spiro atoms. The molecular weight excluding hydrogens is 751 g/mol. The average Bonchev–Trinajstić information content (AvgIpc) is 3.37. The van der Waals surface area contributed by atoms with E-state index in [1.807, 2.05) is 12.1 Å². The average molecular weight is 790 g/mol. The molecule has 0 unspecified atom stereocenters. The van der Waals surface area contributed by atoms with Crippen LogP contribution in [0.1, 0.15) is 0 Å². The summed E-state index contributed by atoms with van der Waals surface area (Å²) in [7, 11) is 0. The van der Waals surface area contributed by atoms with Crippen molar-refractivity contribution in [1.82, 2.24) is 15.0 Å². The largest absolute Gasteiger partial charge is 0.247 e. The Hall–Kier alpha value is -8.27. The molecule has 0 atom stereocenters. The van der Waals surface area contributed by atoms with Gasteiger partial charge in [0.1, 0.15) is 0 Å². The predicted octanol–water partition coefficient (Wildman–Crippen LogP) is 15.5. The molecule has 0 aliphatic heterocycles. The molecule has 0 N–H and O–H groups in total. The van der Waals surface area contributed by atoms with Crippen molar-refractivity contribution in [1.29, 1.82) is 0 Å². The van der Waals surface area contributed by atoms with E-state index in [9.17, 15) is 0 Å². The van der Waals surface area contributed by atoms with Crippen LogP contribution in [0.15, 0.2) is 237 Å². The first-order valence-electron chi connectivity index (χ1n) is 21.0. The van der Waals surface area contributed by atoms with E-state index in [1.54, 1.807) is 0 Å². The summed E-state index contributed by atoms with van der Waals surface area (Å²) in [6, 6.07) is 83.4. The molecule has 3 heteroatoms. The molecule has 290 valence electrons. The van der Waals surface area contributed by atoms with E-state index in [-0.39, 0.29) is 0 Å². The maximum atomic E-state index is 5.22. The van der Waals surface area contributed by atoms with Crippen molar-refractivity contribution in [2.75, 3.05) is 0 Å². The lowest BCUT2D eigenvalue weighted by atomic mass is 9.92. The van der Waals surface area contributed by atoms with Gasteiger partial charge in [-0.2, -0.15) is 0 Å². The highest BCUT2D eigenvalue weighted by Gasteiger charge is 2.16. The van der Waals surface area contributed by atoms with Crippen LogP contribution in [-0.2, 0) is 0 Å².